The van der Waals surface area contributed by atoms with Crippen molar-refractivity contribution < 1.29 is 9.90 Å². The number of hydrogen-bond acceptors (Lipinski definition) is 2. The first-order valence-corrected chi connectivity index (χ1v) is 4.81. The molecule has 0 aliphatic heterocycles. The zero-order valence-electron chi connectivity index (χ0n) is 8.07. The Labute approximate surface area is 83.1 Å². The number of nitrogens with two attached hydrogens (primary N) is 1. The summed E-state index contributed by atoms with van der Waals surface area (Å²) in [7, 11) is 0. The van der Waals surface area contributed by atoms with Crippen LogP contribution >= 0.6 is 0 Å². The quantitative estimate of drug-likeness (QED) is 0.597. The molecular weight excluding hydrogens is 180 g/mol. The number of aliphatic carboxylic acids is 1. The molecule has 0 aliphatic rings. The molecule has 0 saturated heterocycles. The monoisotopic (exact) mass is 196 g/mol. The number of carbonyl (C=O) groups is 1. The van der Waals surface area contributed by atoms with Crippen molar-refractivity contribution in [1.29, 1.82) is 0 Å². The molecule has 1 unspecified atom stereocenters. The molecule has 4 heteroatoms. The van der Waals surface area contributed by atoms with Gasteiger partial charge in [-0.3, -0.25) is 4.79 Å². The number of aromatic amines is 1. The van der Waals surface area contributed by atoms with Crippen molar-refractivity contribution >= 4 is 5.97 Å². The number of carboxylic acids is 1. The van der Waals surface area contributed by atoms with E-state index < -0.39 is 12.0 Å². The number of nitrogens with one attached hydrogen (secondary N) is 1. The fourth-order valence-corrected chi connectivity index (χ4v) is 1.33. The van der Waals surface area contributed by atoms with E-state index in [-0.39, 0.29) is 0 Å². The van der Waals surface area contributed by atoms with Gasteiger partial charge in [-0.25, -0.2) is 0 Å². The molecular formula is C10H16N2O2. The van der Waals surface area contributed by atoms with E-state index in [1.54, 1.807) is 0 Å². The number of hydrogen-bond donors (Lipinski definition) is 3. The number of rotatable bonds is 6. The summed E-state index contributed by atoms with van der Waals surface area (Å²) in [6.07, 6.45) is 5.22. The third-order valence-corrected chi connectivity index (χ3v) is 2.19. The Morgan fingerprint density at radius 2 is 2.36 bits per heavy atom. The minimum Gasteiger partial charge on any atom is -0.480 e. The van der Waals surface area contributed by atoms with E-state index >= 15 is 0 Å². The van der Waals surface area contributed by atoms with Gasteiger partial charge in [-0.2, -0.15) is 0 Å². The highest BCUT2D eigenvalue weighted by Gasteiger charge is 2.09. The van der Waals surface area contributed by atoms with E-state index in [9.17, 15) is 4.79 Å². The highest BCUT2D eigenvalue weighted by atomic mass is 16.4. The number of aryl methyl sites for hydroxylation is 1. The Kier molecular flexibility index (Phi) is 4.19. The third kappa shape index (κ3) is 3.62. The first-order valence-electron chi connectivity index (χ1n) is 4.81. The average molecular weight is 196 g/mol. The van der Waals surface area contributed by atoms with Gasteiger partial charge in [-0.1, -0.05) is 6.42 Å². The van der Waals surface area contributed by atoms with Crippen LogP contribution in [0.2, 0.25) is 0 Å². The van der Waals surface area contributed by atoms with Crippen LogP contribution < -0.4 is 5.73 Å². The molecule has 0 saturated carbocycles. The number of carboxylic acid groups (broad SMARTS) is 1. The number of unbranched alkanes of at least 4 members (excludes halogenated alkanes) is 1. The number of aromatic nitrogens is 1. The summed E-state index contributed by atoms with van der Waals surface area (Å²) in [5.74, 6) is -0.912. The average Bonchev–Trinajstić information content (AvgIpc) is 2.64. The first kappa shape index (κ1) is 10.8. The van der Waals surface area contributed by atoms with Crippen molar-refractivity contribution in [3.05, 3.63) is 24.0 Å². The molecule has 1 aromatic heterocycles. The number of H-pyrrole nitrogens is 1. The molecule has 1 rings (SSSR count). The van der Waals surface area contributed by atoms with Gasteiger partial charge >= 0.3 is 5.97 Å². The van der Waals surface area contributed by atoms with Crippen LogP contribution in [-0.4, -0.2) is 22.1 Å². The zero-order chi connectivity index (χ0) is 10.4. The predicted molar refractivity (Wildman–Crippen MR) is 54.0 cm³/mol. The summed E-state index contributed by atoms with van der Waals surface area (Å²) in [5, 5.41) is 8.53. The SMILES string of the molecule is NC(CCCCc1ccc[nH]1)C(=O)O. The standard InChI is InChI=1S/C10H16N2O2/c11-9(10(13)14)6-2-1-4-8-5-3-7-12-8/h3,5,7,9,12H,1-2,4,6,11H2,(H,13,14). The van der Waals surface area contributed by atoms with E-state index in [0.29, 0.717) is 6.42 Å². The highest BCUT2D eigenvalue weighted by Crippen LogP contribution is 2.05. The Hall–Kier alpha value is -1.29. The smallest absolute Gasteiger partial charge is 0.320 e. The van der Waals surface area contributed by atoms with Crippen molar-refractivity contribution in [2.45, 2.75) is 31.7 Å². The summed E-state index contributed by atoms with van der Waals surface area (Å²) in [4.78, 5) is 13.5. The molecule has 78 valence electrons. The van der Waals surface area contributed by atoms with Crippen molar-refractivity contribution in [1.82, 2.24) is 4.98 Å². The topological polar surface area (TPSA) is 79.1 Å². The predicted octanol–water partition coefficient (Wildman–Crippen LogP) is 1.14. The molecule has 1 heterocycles. The first-order chi connectivity index (χ1) is 6.70. The summed E-state index contributed by atoms with van der Waals surface area (Å²) in [6, 6.07) is 3.27. The summed E-state index contributed by atoms with van der Waals surface area (Å²) in [6.45, 7) is 0. The fourth-order valence-electron chi connectivity index (χ4n) is 1.33. The summed E-state index contributed by atoms with van der Waals surface area (Å²) >= 11 is 0. The van der Waals surface area contributed by atoms with E-state index in [1.165, 1.54) is 5.69 Å². The molecule has 1 atom stereocenters. The van der Waals surface area contributed by atoms with Crippen LogP contribution in [0.3, 0.4) is 0 Å². The molecule has 0 amide bonds. The second-order valence-electron chi connectivity index (χ2n) is 3.39. The van der Waals surface area contributed by atoms with Crippen LogP contribution in [0.5, 0.6) is 0 Å². The van der Waals surface area contributed by atoms with Crippen LogP contribution in [0.15, 0.2) is 18.3 Å². The summed E-state index contributed by atoms with van der Waals surface area (Å²) in [5.41, 5.74) is 6.56. The molecule has 4 nitrogen and oxygen atoms in total. The van der Waals surface area contributed by atoms with Gasteiger partial charge in [-0.15, -0.1) is 0 Å². The van der Waals surface area contributed by atoms with Gasteiger partial charge in [0.2, 0.25) is 0 Å². The van der Waals surface area contributed by atoms with Gasteiger partial charge in [0.1, 0.15) is 6.04 Å². The van der Waals surface area contributed by atoms with E-state index in [2.05, 4.69) is 4.98 Å². The van der Waals surface area contributed by atoms with Gasteiger partial charge < -0.3 is 15.8 Å². The van der Waals surface area contributed by atoms with Crippen molar-refractivity contribution in [3.8, 4) is 0 Å². The Balaban J connectivity index is 2.08. The lowest BCUT2D eigenvalue weighted by atomic mass is 10.1. The minimum atomic E-state index is -0.912. The molecule has 14 heavy (non-hydrogen) atoms. The van der Waals surface area contributed by atoms with Crippen LogP contribution in [-0.2, 0) is 11.2 Å². The van der Waals surface area contributed by atoms with Crippen molar-refractivity contribution in [2.75, 3.05) is 0 Å². The van der Waals surface area contributed by atoms with Crippen LogP contribution in [0.4, 0.5) is 0 Å². The molecule has 0 aliphatic carbocycles. The maximum Gasteiger partial charge on any atom is 0.320 e. The largest absolute Gasteiger partial charge is 0.480 e. The van der Waals surface area contributed by atoms with Gasteiger partial charge in [0.05, 0.1) is 0 Å². The van der Waals surface area contributed by atoms with Crippen molar-refractivity contribution in [3.63, 3.8) is 0 Å². The molecule has 0 bridgehead atoms. The second kappa shape index (κ2) is 5.44. The van der Waals surface area contributed by atoms with Crippen LogP contribution in [0.25, 0.3) is 0 Å². The minimum absolute atomic E-state index is 0.552. The normalized spacial score (nSPS) is 12.6. The molecule has 0 radical (unpaired) electrons. The van der Waals surface area contributed by atoms with Gasteiger partial charge in [0.25, 0.3) is 0 Å². The Bertz CT molecular complexity index is 270. The Morgan fingerprint density at radius 1 is 1.57 bits per heavy atom. The highest BCUT2D eigenvalue weighted by molar-refractivity contribution is 5.72. The third-order valence-electron chi connectivity index (χ3n) is 2.19. The lowest BCUT2D eigenvalue weighted by Gasteiger charge is -2.04. The lowest BCUT2D eigenvalue weighted by molar-refractivity contribution is -0.138. The van der Waals surface area contributed by atoms with Crippen LogP contribution in [0.1, 0.15) is 25.0 Å². The summed E-state index contributed by atoms with van der Waals surface area (Å²) < 4.78 is 0. The van der Waals surface area contributed by atoms with Gasteiger partial charge in [-0.05, 0) is 31.4 Å². The molecule has 0 spiro atoms. The molecule has 0 aromatic carbocycles. The van der Waals surface area contributed by atoms with Crippen LogP contribution in [0, 0.1) is 0 Å². The lowest BCUT2D eigenvalue weighted by Crippen LogP contribution is -2.29. The van der Waals surface area contributed by atoms with E-state index in [0.717, 1.165) is 19.3 Å². The zero-order valence-corrected chi connectivity index (χ0v) is 8.07. The van der Waals surface area contributed by atoms with Crippen molar-refractivity contribution in [2.24, 2.45) is 5.73 Å². The maximum atomic E-state index is 10.4. The van der Waals surface area contributed by atoms with Gasteiger partial charge in [0.15, 0.2) is 0 Å². The van der Waals surface area contributed by atoms with Gasteiger partial charge in [0, 0.05) is 11.9 Å². The van der Waals surface area contributed by atoms with E-state index in [4.69, 9.17) is 10.8 Å². The maximum absolute atomic E-state index is 10.4. The molecule has 1 aromatic rings. The fraction of sp³-hybridized carbons (Fsp3) is 0.500. The molecule has 4 N–H and O–H groups in total. The second-order valence-corrected chi connectivity index (χ2v) is 3.39. The van der Waals surface area contributed by atoms with E-state index in [1.807, 2.05) is 18.3 Å². The Morgan fingerprint density at radius 3 is 2.93 bits per heavy atom. The molecule has 0 fully saturated rings.